The molecule has 0 amide bonds. The maximum atomic E-state index is 8.24. The first kappa shape index (κ1) is 18.1. The van der Waals surface area contributed by atoms with E-state index in [2.05, 4.69) is 4.99 Å². The summed E-state index contributed by atoms with van der Waals surface area (Å²) in [7, 11) is 0. The Bertz CT molecular complexity index is 808. The molecule has 0 radical (unpaired) electrons. The fraction of sp³-hybridized carbons (Fsp3) is 0.0435. The molecule has 0 bridgehead atoms. The van der Waals surface area contributed by atoms with Crippen LogP contribution in [-0.2, 0) is 0 Å². The summed E-state index contributed by atoms with van der Waals surface area (Å²) in [4.78, 5) is 4.51. The Balaban J connectivity index is 2.22. The summed E-state index contributed by atoms with van der Waals surface area (Å²) >= 11 is 0. The second-order valence-corrected chi connectivity index (χ2v) is 5.23. The summed E-state index contributed by atoms with van der Waals surface area (Å²) in [6.07, 6.45) is 15.7. The minimum Gasteiger partial charge on any atom is -0.282 e. The van der Waals surface area contributed by atoms with E-state index >= 15 is 0 Å². The standard InChI is InChI=1S/C23H22N2/c1-2-3-4-5-6-7-14-19-22(20-15-10-8-11-16-20)25-23(24)21-17-12-9-13-18-21/h2-19,24H,1H3/b3-2-,5-4-,7-6+,19-14+,24-23?,25-22?. The van der Waals surface area contributed by atoms with Crippen molar-refractivity contribution >= 4 is 11.5 Å². The molecule has 2 rings (SSSR count). The fourth-order valence-electron chi connectivity index (χ4n) is 2.10. The van der Waals surface area contributed by atoms with E-state index in [1.54, 1.807) is 0 Å². The van der Waals surface area contributed by atoms with Gasteiger partial charge in [0, 0.05) is 11.1 Å². The van der Waals surface area contributed by atoms with Crippen LogP contribution in [0, 0.1) is 5.41 Å². The number of rotatable bonds is 6. The first-order valence-corrected chi connectivity index (χ1v) is 8.22. The molecule has 2 heteroatoms. The Labute approximate surface area is 149 Å². The van der Waals surface area contributed by atoms with E-state index in [4.69, 9.17) is 5.41 Å². The second kappa shape index (κ2) is 10.5. The van der Waals surface area contributed by atoms with Crippen molar-refractivity contribution in [3.63, 3.8) is 0 Å². The molecule has 0 saturated heterocycles. The second-order valence-electron chi connectivity index (χ2n) is 5.23. The van der Waals surface area contributed by atoms with Gasteiger partial charge in [-0.3, -0.25) is 5.41 Å². The molecule has 0 aliphatic heterocycles. The molecule has 0 heterocycles. The predicted octanol–water partition coefficient (Wildman–Crippen LogP) is 5.75. The summed E-state index contributed by atoms with van der Waals surface area (Å²) in [5, 5.41) is 8.24. The van der Waals surface area contributed by atoms with E-state index in [1.165, 1.54) is 0 Å². The highest BCUT2D eigenvalue weighted by atomic mass is 14.8. The lowest BCUT2D eigenvalue weighted by molar-refractivity contribution is 1.41. The van der Waals surface area contributed by atoms with Gasteiger partial charge < -0.3 is 0 Å². The minimum atomic E-state index is 0.251. The molecule has 25 heavy (non-hydrogen) atoms. The maximum Gasteiger partial charge on any atom is 0.152 e. The van der Waals surface area contributed by atoms with Gasteiger partial charge in [-0.05, 0) is 13.0 Å². The average Bonchev–Trinajstić information content (AvgIpc) is 2.67. The lowest BCUT2D eigenvalue weighted by atomic mass is 10.1. The molecule has 1 N–H and O–H groups in total. The van der Waals surface area contributed by atoms with E-state index in [0.29, 0.717) is 0 Å². The van der Waals surface area contributed by atoms with Gasteiger partial charge in [-0.1, -0.05) is 103 Å². The maximum absolute atomic E-state index is 8.24. The van der Waals surface area contributed by atoms with Gasteiger partial charge in [0.15, 0.2) is 5.84 Å². The monoisotopic (exact) mass is 326 g/mol. The van der Waals surface area contributed by atoms with Crippen molar-refractivity contribution in [3.8, 4) is 0 Å². The Morgan fingerprint density at radius 1 is 0.720 bits per heavy atom. The Morgan fingerprint density at radius 3 is 1.84 bits per heavy atom. The van der Waals surface area contributed by atoms with Crippen molar-refractivity contribution in [2.45, 2.75) is 6.92 Å². The summed E-state index contributed by atoms with van der Waals surface area (Å²) in [6, 6.07) is 19.5. The highest BCUT2D eigenvalue weighted by Gasteiger charge is 2.03. The highest BCUT2D eigenvalue weighted by molar-refractivity contribution is 6.16. The van der Waals surface area contributed by atoms with Gasteiger partial charge in [0.05, 0.1) is 5.71 Å². The number of nitrogens with one attached hydrogen (secondary N) is 1. The van der Waals surface area contributed by atoms with Crippen LogP contribution in [0.25, 0.3) is 0 Å². The molecule has 124 valence electrons. The first-order chi connectivity index (χ1) is 12.3. The third kappa shape index (κ3) is 6.40. The zero-order chi connectivity index (χ0) is 17.7. The van der Waals surface area contributed by atoms with Crippen LogP contribution in [0.3, 0.4) is 0 Å². The predicted molar refractivity (Wildman–Crippen MR) is 108 cm³/mol. The third-order valence-corrected chi connectivity index (χ3v) is 3.35. The van der Waals surface area contributed by atoms with E-state index in [9.17, 15) is 0 Å². The van der Waals surface area contributed by atoms with Crippen molar-refractivity contribution in [2.75, 3.05) is 0 Å². The Hall–Kier alpha value is -3.26. The van der Waals surface area contributed by atoms with Crippen LogP contribution in [0.15, 0.2) is 114 Å². The van der Waals surface area contributed by atoms with Gasteiger partial charge >= 0.3 is 0 Å². The number of nitrogens with zero attached hydrogens (tertiary/aromatic N) is 1. The average molecular weight is 326 g/mol. The molecule has 0 saturated carbocycles. The molecule has 0 atom stereocenters. The van der Waals surface area contributed by atoms with E-state index in [0.717, 1.165) is 16.8 Å². The molecule has 0 aromatic heterocycles. The van der Waals surface area contributed by atoms with Crippen LogP contribution >= 0.6 is 0 Å². The molecule has 0 aliphatic carbocycles. The molecule has 2 aromatic carbocycles. The lowest BCUT2D eigenvalue weighted by Gasteiger charge is -2.03. The van der Waals surface area contributed by atoms with Crippen LogP contribution in [0.2, 0.25) is 0 Å². The molecule has 0 unspecified atom stereocenters. The SMILES string of the molecule is C\C=C/C=C\C=C\C=C\C(=NC(=N)c1ccccc1)c1ccccc1. The quantitative estimate of drug-likeness (QED) is 0.399. The van der Waals surface area contributed by atoms with Crippen molar-refractivity contribution < 1.29 is 0 Å². The van der Waals surface area contributed by atoms with Crippen molar-refractivity contribution in [1.82, 2.24) is 0 Å². The molecule has 2 aromatic rings. The number of aliphatic imine (C=N–C) groups is 1. The summed E-state index contributed by atoms with van der Waals surface area (Å²) < 4.78 is 0. The normalized spacial score (nSPS) is 12.8. The minimum absolute atomic E-state index is 0.251. The van der Waals surface area contributed by atoms with Gasteiger partial charge in [0.2, 0.25) is 0 Å². The Morgan fingerprint density at radius 2 is 1.24 bits per heavy atom. The number of hydrogen-bond donors (Lipinski definition) is 1. The summed E-state index contributed by atoms with van der Waals surface area (Å²) in [5.74, 6) is 0.251. The number of hydrogen-bond acceptors (Lipinski definition) is 1. The van der Waals surface area contributed by atoms with Crippen LogP contribution < -0.4 is 0 Å². The smallest absolute Gasteiger partial charge is 0.152 e. The third-order valence-electron chi connectivity index (χ3n) is 3.35. The van der Waals surface area contributed by atoms with Crippen LogP contribution in [-0.4, -0.2) is 11.5 Å². The van der Waals surface area contributed by atoms with Crippen molar-refractivity contribution in [2.24, 2.45) is 4.99 Å². The topological polar surface area (TPSA) is 36.2 Å². The van der Waals surface area contributed by atoms with Gasteiger partial charge in [-0.2, -0.15) is 0 Å². The fourth-order valence-corrected chi connectivity index (χ4v) is 2.10. The Kier molecular flexibility index (Phi) is 7.60. The number of amidine groups is 1. The van der Waals surface area contributed by atoms with Crippen molar-refractivity contribution in [1.29, 1.82) is 5.41 Å². The highest BCUT2D eigenvalue weighted by Crippen LogP contribution is 2.07. The molecule has 0 aliphatic rings. The van der Waals surface area contributed by atoms with Gasteiger partial charge in [0.25, 0.3) is 0 Å². The van der Waals surface area contributed by atoms with Gasteiger partial charge in [-0.15, -0.1) is 0 Å². The van der Waals surface area contributed by atoms with E-state index < -0.39 is 0 Å². The van der Waals surface area contributed by atoms with E-state index in [-0.39, 0.29) is 5.84 Å². The van der Waals surface area contributed by atoms with Crippen LogP contribution in [0.1, 0.15) is 18.1 Å². The molecule has 0 fully saturated rings. The van der Waals surface area contributed by atoms with Crippen molar-refractivity contribution in [3.05, 3.63) is 120 Å². The molecule has 0 spiro atoms. The zero-order valence-electron chi connectivity index (χ0n) is 14.3. The van der Waals surface area contributed by atoms with Crippen LogP contribution in [0.5, 0.6) is 0 Å². The number of allylic oxidation sites excluding steroid dienone is 8. The summed E-state index contributed by atoms with van der Waals surface area (Å²) in [5.41, 5.74) is 2.54. The number of benzene rings is 2. The van der Waals surface area contributed by atoms with Gasteiger partial charge in [0.1, 0.15) is 0 Å². The zero-order valence-corrected chi connectivity index (χ0v) is 14.3. The largest absolute Gasteiger partial charge is 0.282 e. The first-order valence-electron chi connectivity index (χ1n) is 8.22. The lowest BCUT2D eigenvalue weighted by Crippen LogP contribution is -2.03. The molecule has 2 nitrogen and oxygen atoms in total. The molecular weight excluding hydrogens is 304 g/mol. The van der Waals surface area contributed by atoms with Gasteiger partial charge in [-0.25, -0.2) is 4.99 Å². The summed E-state index contributed by atoms with van der Waals surface area (Å²) in [6.45, 7) is 1.98. The van der Waals surface area contributed by atoms with E-state index in [1.807, 2.05) is 116 Å². The van der Waals surface area contributed by atoms with Crippen LogP contribution in [0.4, 0.5) is 0 Å². The molecular formula is C23H22N2.